The zero-order valence-electron chi connectivity index (χ0n) is 11.1. The predicted molar refractivity (Wildman–Crippen MR) is 82.4 cm³/mol. The fourth-order valence-corrected chi connectivity index (χ4v) is 3.30. The fourth-order valence-electron chi connectivity index (χ4n) is 1.97. The minimum absolute atomic E-state index is 0.0803. The summed E-state index contributed by atoms with van der Waals surface area (Å²) < 4.78 is 16.1. The van der Waals surface area contributed by atoms with Crippen LogP contribution in [-0.4, -0.2) is 15.6 Å². The lowest BCUT2D eigenvalue weighted by atomic mass is 10.1. The van der Waals surface area contributed by atoms with E-state index in [0.29, 0.717) is 10.0 Å². The molecule has 0 aliphatic rings. The minimum Gasteiger partial charge on any atom is -0.294 e. The van der Waals surface area contributed by atoms with Gasteiger partial charge >= 0.3 is 0 Å². The zero-order chi connectivity index (χ0) is 14.9. The van der Waals surface area contributed by atoms with E-state index in [9.17, 15) is 9.18 Å². The van der Waals surface area contributed by atoms with Crippen LogP contribution in [-0.2, 0) is 19.9 Å². The van der Waals surface area contributed by atoms with Crippen molar-refractivity contribution in [3.05, 3.63) is 49.9 Å². The molecule has 0 fully saturated rings. The number of halogens is 3. The number of aromatic nitrogens is 2. The van der Waals surface area contributed by atoms with Gasteiger partial charge in [0.25, 0.3) is 0 Å². The lowest BCUT2D eigenvalue weighted by molar-refractivity contribution is 0.0990. The smallest absolute Gasteiger partial charge is 0.169 e. The Morgan fingerprint density at radius 1 is 1.40 bits per heavy atom. The molecule has 106 valence electrons. The van der Waals surface area contributed by atoms with Crippen LogP contribution in [0.5, 0.6) is 0 Å². The van der Waals surface area contributed by atoms with E-state index in [2.05, 4.69) is 37.0 Å². The maximum absolute atomic E-state index is 13.1. The molecule has 0 saturated carbocycles. The second-order valence-corrected chi connectivity index (χ2v) is 6.06. The molecule has 6 heteroatoms. The summed E-state index contributed by atoms with van der Waals surface area (Å²) in [5.74, 6) is -0.452. The number of benzene rings is 1. The molecule has 0 aliphatic carbocycles. The van der Waals surface area contributed by atoms with Gasteiger partial charge in [0.2, 0.25) is 0 Å². The fraction of sp³-hybridized carbons (Fsp3) is 0.286. The molecule has 0 atom stereocenters. The summed E-state index contributed by atoms with van der Waals surface area (Å²) in [7, 11) is 1.81. The molecule has 0 unspecified atom stereocenters. The van der Waals surface area contributed by atoms with Crippen LogP contribution in [0.4, 0.5) is 4.39 Å². The van der Waals surface area contributed by atoms with Crippen molar-refractivity contribution in [3.63, 3.8) is 0 Å². The molecule has 1 heterocycles. The van der Waals surface area contributed by atoms with Gasteiger partial charge in [0.15, 0.2) is 5.78 Å². The predicted octanol–water partition coefficient (Wildman–Crippen LogP) is 4.07. The van der Waals surface area contributed by atoms with Gasteiger partial charge < -0.3 is 0 Å². The number of rotatable bonds is 4. The molecule has 0 radical (unpaired) electrons. The second kappa shape index (κ2) is 6.18. The molecule has 0 amide bonds. The molecule has 2 aromatic rings. The first kappa shape index (κ1) is 15.4. The van der Waals surface area contributed by atoms with Crippen molar-refractivity contribution in [1.29, 1.82) is 0 Å². The Kier molecular flexibility index (Phi) is 4.75. The molecule has 3 nitrogen and oxygen atoms in total. The van der Waals surface area contributed by atoms with Crippen LogP contribution in [0.15, 0.2) is 27.1 Å². The highest BCUT2D eigenvalue weighted by Gasteiger charge is 2.18. The molecule has 0 aliphatic heterocycles. The average molecular weight is 404 g/mol. The zero-order valence-corrected chi connectivity index (χ0v) is 14.3. The van der Waals surface area contributed by atoms with E-state index in [1.165, 1.54) is 18.2 Å². The van der Waals surface area contributed by atoms with Crippen molar-refractivity contribution in [2.75, 3.05) is 0 Å². The molecule has 1 aromatic heterocycles. The summed E-state index contributed by atoms with van der Waals surface area (Å²) in [6.45, 7) is 2.01. The third-order valence-electron chi connectivity index (χ3n) is 3.06. The van der Waals surface area contributed by atoms with Gasteiger partial charge in [-0.3, -0.25) is 9.48 Å². The maximum Gasteiger partial charge on any atom is 0.169 e. The third kappa shape index (κ3) is 3.01. The number of hydrogen-bond donors (Lipinski definition) is 0. The lowest BCUT2D eigenvalue weighted by Crippen LogP contribution is -2.09. The van der Waals surface area contributed by atoms with Crippen molar-refractivity contribution in [2.24, 2.45) is 7.05 Å². The van der Waals surface area contributed by atoms with Crippen LogP contribution < -0.4 is 0 Å². The summed E-state index contributed by atoms with van der Waals surface area (Å²) >= 11 is 6.71. The van der Waals surface area contributed by atoms with Crippen LogP contribution >= 0.6 is 31.9 Å². The summed E-state index contributed by atoms with van der Waals surface area (Å²) in [5.41, 5.74) is 2.22. The topological polar surface area (TPSA) is 34.9 Å². The highest BCUT2D eigenvalue weighted by molar-refractivity contribution is 9.10. The molecule has 0 N–H and O–H groups in total. The Labute approximate surface area is 133 Å². The number of Topliss-reactive ketones (excluding diaryl/α,β-unsaturated/α-hetero) is 1. The largest absolute Gasteiger partial charge is 0.294 e. The monoisotopic (exact) mass is 402 g/mol. The van der Waals surface area contributed by atoms with E-state index in [1.54, 1.807) is 4.68 Å². The quantitative estimate of drug-likeness (QED) is 0.721. The first-order valence-electron chi connectivity index (χ1n) is 6.12. The summed E-state index contributed by atoms with van der Waals surface area (Å²) in [6.07, 6.45) is 1.01. The van der Waals surface area contributed by atoms with Gasteiger partial charge in [-0.1, -0.05) is 6.92 Å². The van der Waals surface area contributed by atoms with Crippen LogP contribution in [0.2, 0.25) is 0 Å². The molecule has 0 spiro atoms. The Balaban J connectivity index is 2.30. The number of nitrogens with zero attached hydrogens (tertiary/aromatic N) is 2. The van der Waals surface area contributed by atoms with E-state index >= 15 is 0 Å². The van der Waals surface area contributed by atoms with Crippen molar-refractivity contribution >= 4 is 37.6 Å². The number of hydrogen-bond acceptors (Lipinski definition) is 2. The van der Waals surface area contributed by atoms with E-state index < -0.39 is 0 Å². The molecular formula is C14H13Br2FN2O. The maximum atomic E-state index is 13.1. The van der Waals surface area contributed by atoms with Gasteiger partial charge in [-0.05, 0) is 56.5 Å². The van der Waals surface area contributed by atoms with Gasteiger partial charge in [-0.25, -0.2) is 4.39 Å². The van der Waals surface area contributed by atoms with Crippen LogP contribution in [0, 0.1) is 5.82 Å². The Morgan fingerprint density at radius 2 is 2.10 bits per heavy atom. The summed E-state index contributed by atoms with van der Waals surface area (Å²) in [6, 6.07) is 4.07. The highest BCUT2D eigenvalue weighted by atomic mass is 79.9. The van der Waals surface area contributed by atoms with E-state index in [1.807, 2.05) is 14.0 Å². The van der Waals surface area contributed by atoms with Gasteiger partial charge in [-0.15, -0.1) is 0 Å². The number of ketones is 1. The van der Waals surface area contributed by atoms with E-state index in [4.69, 9.17) is 0 Å². The molecule has 20 heavy (non-hydrogen) atoms. The average Bonchev–Trinajstić information content (AvgIpc) is 2.66. The number of aryl methyl sites for hydroxylation is 2. The van der Waals surface area contributed by atoms with Crippen molar-refractivity contribution in [2.45, 2.75) is 19.8 Å². The molecule has 0 saturated heterocycles. The second-order valence-electron chi connectivity index (χ2n) is 4.41. The van der Waals surface area contributed by atoms with Gasteiger partial charge in [-0.2, -0.15) is 5.10 Å². The number of carbonyl (C=O) groups is 1. The van der Waals surface area contributed by atoms with Gasteiger partial charge in [0.1, 0.15) is 5.82 Å². The van der Waals surface area contributed by atoms with Crippen LogP contribution in [0.25, 0.3) is 0 Å². The first-order chi connectivity index (χ1) is 9.43. The Morgan fingerprint density at radius 3 is 2.65 bits per heavy atom. The first-order valence-corrected chi connectivity index (χ1v) is 7.71. The highest BCUT2D eigenvalue weighted by Crippen LogP contribution is 2.25. The molecule has 0 bridgehead atoms. The molecule has 2 rings (SSSR count). The van der Waals surface area contributed by atoms with Crippen LogP contribution in [0.1, 0.15) is 28.7 Å². The third-order valence-corrected chi connectivity index (χ3v) is 4.63. The normalized spacial score (nSPS) is 10.8. The van der Waals surface area contributed by atoms with Gasteiger partial charge in [0.05, 0.1) is 22.3 Å². The van der Waals surface area contributed by atoms with E-state index in [-0.39, 0.29) is 18.0 Å². The van der Waals surface area contributed by atoms with E-state index in [0.717, 1.165) is 22.3 Å². The van der Waals surface area contributed by atoms with Crippen molar-refractivity contribution < 1.29 is 9.18 Å². The van der Waals surface area contributed by atoms with Crippen molar-refractivity contribution in [3.8, 4) is 0 Å². The van der Waals surface area contributed by atoms with Crippen molar-refractivity contribution in [1.82, 2.24) is 9.78 Å². The number of carbonyl (C=O) groups excluding carboxylic acids is 1. The molecular weight excluding hydrogens is 391 g/mol. The van der Waals surface area contributed by atoms with Gasteiger partial charge in [0, 0.05) is 17.1 Å². The Bertz CT molecular complexity index is 667. The summed E-state index contributed by atoms with van der Waals surface area (Å²) in [5, 5.41) is 4.36. The van der Waals surface area contributed by atoms with Crippen LogP contribution in [0.3, 0.4) is 0 Å². The Hall–Kier alpha value is -1.01. The lowest BCUT2D eigenvalue weighted by Gasteiger charge is -2.05. The standard InChI is InChI=1S/C14H13Br2FN2O/c1-3-11-14(16)12(19(2)18-11)7-13(20)9-5-4-8(17)6-10(9)15/h4-6H,3,7H2,1-2H3. The summed E-state index contributed by atoms with van der Waals surface area (Å²) in [4.78, 5) is 12.3. The molecule has 1 aromatic carbocycles. The SMILES string of the molecule is CCc1nn(C)c(CC(=O)c2ccc(F)cc2Br)c1Br. The minimum atomic E-state index is -0.372.